The van der Waals surface area contributed by atoms with E-state index in [1.54, 1.807) is 6.07 Å². The minimum atomic E-state index is -0.992. The maximum absolute atomic E-state index is 10.8. The summed E-state index contributed by atoms with van der Waals surface area (Å²) < 4.78 is 5.48. The molecule has 0 bridgehead atoms. The van der Waals surface area contributed by atoms with Crippen LogP contribution in [-0.2, 0) is 0 Å². The predicted octanol–water partition coefficient (Wildman–Crippen LogP) is 1.63. The first-order valence-electron chi connectivity index (χ1n) is 4.53. The predicted molar refractivity (Wildman–Crippen MR) is 49.6 cm³/mol. The van der Waals surface area contributed by atoms with Crippen molar-refractivity contribution in [2.45, 2.75) is 25.9 Å². The second-order valence-electron chi connectivity index (χ2n) is 3.44. The molecule has 1 saturated carbocycles. The molecule has 1 aliphatic rings. The molecular weight excluding hydrogens is 182 g/mol. The van der Waals surface area contributed by atoms with Crippen LogP contribution < -0.4 is 4.74 Å². The Morgan fingerprint density at radius 2 is 2.36 bits per heavy atom. The summed E-state index contributed by atoms with van der Waals surface area (Å²) in [7, 11) is 0. The van der Waals surface area contributed by atoms with Crippen LogP contribution in [0, 0.1) is 6.92 Å². The van der Waals surface area contributed by atoms with Crippen molar-refractivity contribution in [1.82, 2.24) is 4.98 Å². The number of hydrogen-bond donors (Lipinski definition) is 1. The Labute approximate surface area is 81.5 Å². The average molecular weight is 193 g/mol. The Morgan fingerprint density at radius 1 is 1.64 bits per heavy atom. The Balaban J connectivity index is 2.31. The smallest absolute Gasteiger partial charge is 0.341 e. The van der Waals surface area contributed by atoms with Gasteiger partial charge in [0, 0.05) is 18.0 Å². The van der Waals surface area contributed by atoms with Gasteiger partial charge in [0.1, 0.15) is 11.3 Å². The van der Waals surface area contributed by atoms with Crippen LogP contribution in [0.5, 0.6) is 5.75 Å². The van der Waals surface area contributed by atoms with Crippen molar-refractivity contribution >= 4 is 5.97 Å². The first-order chi connectivity index (χ1) is 6.66. The van der Waals surface area contributed by atoms with Gasteiger partial charge in [0.15, 0.2) is 0 Å². The minimum Gasteiger partial charge on any atom is -0.489 e. The van der Waals surface area contributed by atoms with Crippen LogP contribution in [0.3, 0.4) is 0 Å². The zero-order valence-electron chi connectivity index (χ0n) is 7.86. The van der Waals surface area contributed by atoms with Crippen LogP contribution in [-0.4, -0.2) is 22.2 Å². The molecule has 1 N–H and O–H groups in total. The highest BCUT2D eigenvalue weighted by Crippen LogP contribution is 2.29. The maximum Gasteiger partial charge on any atom is 0.341 e. The van der Waals surface area contributed by atoms with Gasteiger partial charge in [0.2, 0.25) is 0 Å². The molecule has 1 fully saturated rings. The van der Waals surface area contributed by atoms with Gasteiger partial charge in [-0.2, -0.15) is 0 Å². The van der Waals surface area contributed by atoms with Gasteiger partial charge in [-0.05, 0) is 19.8 Å². The molecule has 1 aliphatic carbocycles. The van der Waals surface area contributed by atoms with E-state index >= 15 is 0 Å². The van der Waals surface area contributed by atoms with Crippen molar-refractivity contribution in [2.24, 2.45) is 0 Å². The fraction of sp³-hybridized carbons (Fsp3) is 0.400. The molecule has 14 heavy (non-hydrogen) atoms. The summed E-state index contributed by atoms with van der Waals surface area (Å²) in [4.78, 5) is 14.7. The molecule has 0 radical (unpaired) electrons. The van der Waals surface area contributed by atoms with E-state index in [4.69, 9.17) is 9.84 Å². The number of carboxylic acid groups (broad SMARTS) is 1. The molecule has 0 unspecified atom stereocenters. The van der Waals surface area contributed by atoms with Gasteiger partial charge in [0.25, 0.3) is 0 Å². The zero-order chi connectivity index (χ0) is 10.1. The molecule has 1 aromatic rings. The van der Waals surface area contributed by atoms with Crippen LogP contribution in [0.2, 0.25) is 0 Å². The van der Waals surface area contributed by atoms with Gasteiger partial charge in [0.05, 0.1) is 6.10 Å². The monoisotopic (exact) mass is 193 g/mol. The fourth-order valence-corrected chi connectivity index (χ4v) is 1.16. The highest BCUT2D eigenvalue weighted by molar-refractivity contribution is 5.90. The number of carboxylic acids is 1. The lowest BCUT2D eigenvalue weighted by Crippen LogP contribution is -2.05. The largest absolute Gasteiger partial charge is 0.489 e. The van der Waals surface area contributed by atoms with Crippen molar-refractivity contribution in [3.05, 3.63) is 23.5 Å². The Bertz CT molecular complexity index is 372. The highest BCUT2D eigenvalue weighted by atomic mass is 16.5. The summed E-state index contributed by atoms with van der Waals surface area (Å²) in [6.07, 6.45) is 3.57. The third-order valence-electron chi connectivity index (χ3n) is 2.05. The quantitative estimate of drug-likeness (QED) is 0.792. The molecule has 4 nitrogen and oxygen atoms in total. The van der Waals surface area contributed by atoms with E-state index in [2.05, 4.69) is 4.98 Å². The molecule has 0 saturated heterocycles. The van der Waals surface area contributed by atoms with Gasteiger partial charge >= 0.3 is 5.97 Å². The molecule has 1 aromatic heterocycles. The van der Waals surface area contributed by atoms with Crippen molar-refractivity contribution in [2.75, 3.05) is 0 Å². The molecule has 0 aromatic carbocycles. The van der Waals surface area contributed by atoms with Crippen molar-refractivity contribution in [1.29, 1.82) is 0 Å². The first kappa shape index (κ1) is 8.99. The summed E-state index contributed by atoms with van der Waals surface area (Å²) in [5, 5.41) is 8.87. The van der Waals surface area contributed by atoms with E-state index < -0.39 is 5.97 Å². The van der Waals surface area contributed by atoms with Crippen molar-refractivity contribution in [3.8, 4) is 5.75 Å². The van der Waals surface area contributed by atoms with Crippen LogP contribution in [0.4, 0.5) is 0 Å². The summed E-state index contributed by atoms with van der Waals surface area (Å²) in [5.41, 5.74) is 0.910. The zero-order valence-corrected chi connectivity index (χ0v) is 7.86. The number of aryl methyl sites for hydroxylation is 1. The highest BCUT2D eigenvalue weighted by Gasteiger charge is 2.25. The molecule has 74 valence electrons. The number of aromatic nitrogens is 1. The minimum absolute atomic E-state index is 0.141. The SMILES string of the molecule is Cc1cc(OC2CC2)c(C(=O)O)cn1. The van der Waals surface area contributed by atoms with E-state index in [0.717, 1.165) is 18.5 Å². The van der Waals surface area contributed by atoms with Crippen LogP contribution in [0.1, 0.15) is 28.9 Å². The van der Waals surface area contributed by atoms with Crippen molar-refractivity contribution in [3.63, 3.8) is 0 Å². The third kappa shape index (κ3) is 1.84. The van der Waals surface area contributed by atoms with Gasteiger partial charge in [-0.3, -0.25) is 4.98 Å². The normalized spacial score (nSPS) is 15.2. The topological polar surface area (TPSA) is 59.4 Å². The molecule has 0 atom stereocenters. The standard InChI is InChI=1S/C10H11NO3/c1-6-4-9(14-7-2-3-7)8(5-11-6)10(12)13/h4-5,7H,2-3H2,1H3,(H,12,13). The molecule has 4 heteroatoms. The van der Waals surface area contributed by atoms with E-state index in [9.17, 15) is 4.79 Å². The van der Waals surface area contributed by atoms with Gasteiger partial charge < -0.3 is 9.84 Å². The summed E-state index contributed by atoms with van der Waals surface area (Å²) >= 11 is 0. The van der Waals surface area contributed by atoms with E-state index in [1.165, 1.54) is 6.20 Å². The third-order valence-corrected chi connectivity index (χ3v) is 2.05. The van der Waals surface area contributed by atoms with E-state index in [0.29, 0.717) is 5.75 Å². The Morgan fingerprint density at radius 3 is 2.93 bits per heavy atom. The van der Waals surface area contributed by atoms with Gasteiger partial charge in [-0.1, -0.05) is 0 Å². The second-order valence-corrected chi connectivity index (χ2v) is 3.44. The molecule has 1 heterocycles. The fourth-order valence-electron chi connectivity index (χ4n) is 1.16. The van der Waals surface area contributed by atoms with Crippen LogP contribution >= 0.6 is 0 Å². The maximum atomic E-state index is 10.8. The molecular formula is C10H11NO3. The summed E-state index contributed by atoms with van der Waals surface area (Å²) in [6, 6.07) is 1.67. The summed E-state index contributed by atoms with van der Waals surface area (Å²) in [5.74, 6) is -0.555. The second kappa shape index (κ2) is 3.29. The number of nitrogens with zero attached hydrogens (tertiary/aromatic N) is 1. The van der Waals surface area contributed by atoms with Crippen LogP contribution in [0.25, 0.3) is 0 Å². The van der Waals surface area contributed by atoms with E-state index in [-0.39, 0.29) is 11.7 Å². The van der Waals surface area contributed by atoms with Gasteiger partial charge in [-0.15, -0.1) is 0 Å². The van der Waals surface area contributed by atoms with Crippen molar-refractivity contribution < 1.29 is 14.6 Å². The molecule has 0 aliphatic heterocycles. The van der Waals surface area contributed by atoms with E-state index in [1.807, 2.05) is 6.92 Å². The number of ether oxygens (including phenoxy) is 1. The number of aromatic carboxylic acids is 1. The molecule has 0 spiro atoms. The lowest BCUT2D eigenvalue weighted by atomic mass is 10.2. The lowest BCUT2D eigenvalue weighted by Gasteiger charge is -2.07. The Hall–Kier alpha value is -1.58. The summed E-state index contributed by atoms with van der Waals surface area (Å²) in [6.45, 7) is 1.81. The molecule has 2 rings (SSSR count). The Kier molecular flexibility index (Phi) is 2.11. The first-order valence-corrected chi connectivity index (χ1v) is 4.53. The van der Waals surface area contributed by atoms with Gasteiger partial charge in [-0.25, -0.2) is 4.79 Å². The van der Waals surface area contributed by atoms with Crippen LogP contribution in [0.15, 0.2) is 12.3 Å². The lowest BCUT2D eigenvalue weighted by molar-refractivity contribution is 0.0691. The molecule has 0 amide bonds. The number of carbonyl (C=O) groups is 1. The number of pyridine rings is 1. The number of hydrogen-bond acceptors (Lipinski definition) is 3. The average Bonchev–Trinajstić information content (AvgIpc) is 2.87. The number of rotatable bonds is 3.